The van der Waals surface area contributed by atoms with Crippen LogP contribution in [0.25, 0.3) is 0 Å². The van der Waals surface area contributed by atoms with E-state index in [1.165, 1.54) is 20.9 Å². The molecule has 0 saturated carbocycles. The van der Waals surface area contributed by atoms with Gasteiger partial charge in [-0.25, -0.2) is 8.42 Å². The Morgan fingerprint density at radius 3 is 2.60 bits per heavy atom. The maximum absolute atomic E-state index is 12.4. The molecule has 0 bridgehead atoms. The molecular weight excluding hydrogens is 284 g/mol. The van der Waals surface area contributed by atoms with Crippen molar-refractivity contribution < 1.29 is 18.3 Å². The van der Waals surface area contributed by atoms with Crippen molar-refractivity contribution in [2.75, 3.05) is 13.6 Å². The predicted octanol–water partition coefficient (Wildman–Crippen LogP) is 0.119. The van der Waals surface area contributed by atoms with Gasteiger partial charge in [-0.05, 0) is 13.8 Å². The van der Waals surface area contributed by atoms with E-state index in [1.54, 1.807) is 0 Å². The first-order valence-corrected chi connectivity index (χ1v) is 7.25. The molecule has 0 spiro atoms. The van der Waals surface area contributed by atoms with Crippen LogP contribution in [0.1, 0.15) is 17.8 Å². The van der Waals surface area contributed by atoms with Crippen LogP contribution in [0.2, 0.25) is 0 Å². The molecule has 1 aromatic heterocycles. The van der Waals surface area contributed by atoms with Crippen molar-refractivity contribution in [2.45, 2.75) is 31.7 Å². The Balaban J connectivity index is 3.22. The molecule has 1 aromatic rings. The van der Waals surface area contributed by atoms with Crippen LogP contribution < -0.4 is 0 Å². The van der Waals surface area contributed by atoms with Gasteiger partial charge in [0.1, 0.15) is 11.4 Å². The number of aromatic nitrogens is 2. The van der Waals surface area contributed by atoms with Gasteiger partial charge in [-0.1, -0.05) is 0 Å². The summed E-state index contributed by atoms with van der Waals surface area (Å²) >= 11 is 0. The van der Waals surface area contributed by atoms with E-state index in [4.69, 9.17) is 10.4 Å². The number of carboxylic acid groups (broad SMARTS) is 1. The Labute approximate surface area is 117 Å². The summed E-state index contributed by atoms with van der Waals surface area (Å²) in [5.74, 6) is -1.10. The lowest BCUT2D eigenvalue weighted by Crippen LogP contribution is -2.28. The number of nitriles is 1. The number of carboxylic acids is 1. The quantitative estimate of drug-likeness (QED) is 0.797. The second-order valence-corrected chi connectivity index (χ2v) is 6.27. The molecule has 0 saturated heterocycles. The smallest absolute Gasteiger partial charge is 0.325 e. The Bertz CT molecular complexity index is 657. The SMILES string of the molecule is Cc1nn(CC(=O)O)c(C)c1S(=O)(=O)N(C)CCC#N. The van der Waals surface area contributed by atoms with E-state index in [2.05, 4.69) is 5.10 Å². The van der Waals surface area contributed by atoms with Crippen LogP contribution in [0.4, 0.5) is 0 Å². The van der Waals surface area contributed by atoms with Gasteiger partial charge in [-0.15, -0.1) is 0 Å². The number of sulfonamides is 1. The summed E-state index contributed by atoms with van der Waals surface area (Å²) in [4.78, 5) is 10.7. The minimum absolute atomic E-state index is 0.000750. The van der Waals surface area contributed by atoms with E-state index < -0.39 is 22.5 Å². The number of nitrogens with zero attached hydrogens (tertiary/aromatic N) is 4. The lowest BCUT2D eigenvalue weighted by atomic mass is 10.4. The summed E-state index contributed by atoms with van der Waals surface area (Å²) in [5, 5.41) is 21.2. The highest BCUT2D eigenvalue weighted by molar-refractivity contribution is 7.89. The van der Waals surface area contributed by atoms with Crippen molar-refractivity contribution in [3.8, 4) is 6.07 Å². The van der Waals surface area contributed by atoms with Crippen LogP contribution in [0.15, 0.2) is 4.90 Å². The number of aliphatic carboxylic acids is 1. The molecule has 0 amide bonds. The fourth-order valence-corrected chi connectivity index (χ4v) is 3.36. The minimum atomic E-state index is -3.78. The van der Waals surface area contributed by atoms with E-state index in [0.717, 1.165) is 8.99 Å². The summed E-state index contributed by atoms with van der Waals surface area (Å²) in [6.45, 7) is 2.69. The molecule has 0 aromatic carbocycles. The zero-order valence-electron chi connectivity index (χ0n) is 11.5. The average Bonchev–Trinajstić information content (AvgIpc) is 2.60. The molecule has 8 nitrogen and oxygen atoms in total. The molecule has 0 aliphatic carbocycles. The molecule has 1 N–H and O–H groups in total. The van der Waals surface area contributed by atoms with Gasteiger partial charge in [0, 0.05) is 20.0 Å². The van der Waals surface area contributed by atoms with Gasteiger partial charge in [0.05, 0.1) is 17.5 Å². The zero-order chi connectivity index (χ0) is 15.5. The summed E-state index contributed by atoms with van der Waals surface area (Å²) in [5.41, 5.74) is 0.515. The topological polar surface area (TPSA) is 116 Å². The summed E-state index contributed by atoms with van der Waals surface area (Å²) < 4.78 is 27.0. The molecule has 1 rings (SSSR count). The van der Waals surface area contributed by atoms with Crippen molar-refractivity contribution >= 4 is 16.0 Å². The molecule has 0 aliphatic heterocycles. The first kappa shape index (κ1) is 16.1. The highest BCUT2D eigenvalue weighted by Crippen LogP contribution is 2.22. The summed E-state index contributed by atoms with van der Waals surface area (Å²) in [6.07, 6.45) is 0.0804. The van der Waals surface area contributed by atoms with Gasteiger partial charge < -0.3 is 5.11 Å². The molecule has 1 heterocycles. The average molecular weight is 300 g/mol. The van der Waals surface area contributed by atoms with Crippen molar-refractivity contribution in [2.24, 2.45) is 0 Å². The molecular formula is C11H16N4O4S. The number of aryl methyl sites for hydroxylation is 1. The highest BCUT2D eigenvalue weighted by atomic mass is 32.2. The molecule has 110 valence electrons. The van der Waals surface area contributed by atoms with Crippen molar-refractivity contribution in [3.63, 3.8) is 0 Å². The third-order valence-corrected chi connectivity index (χ3v) is 4.92. The molecule has 20 heavy (non-hydrogen) atoms. The number of hydrogen-bond acceptors (Lipinski definition) is 5. The summed E-state index contributed by atoms with van der Waals surface area (Å²) in [7, 11) is -2.41. The lowest BCUT2D eigenvalue weighted by molar-refractivity contribution is -0.137. The molecule has 0 radical (unpaired) electrons. The van der Waals surface area contributed by atoms with Crippen LogP contribution in [0.3, 0.4) is 0 Å². The number of carbonyl (C=O) groups is 1. The summed E-state index contributed by atoms with van der Waals surface area (Å²) in [6, 6.07) is 1.88. The van der Waals surface area contributed by atoms with Crippen LogP contribution in [-0.2, 0) is 21.4 Å². The van der Waals surface area contributed by atoms with E-state index in [0.29, 0.717) is 0 Å². The van der Waals surface area contributed by atoms with Gasteiger partial charge in [0.2, 0.25) is 10.0 Å². The Hall–Kier alpha value is -1.92. The second kappa shape index (κ2) is 6.02. The molecule has 9 heteroatoms. The number of rotatable bonds is 6. The van der Waals surface area contributed by atoms with Crippen molar-refractivity contribution in [1.82, 2.24) is 14.1 Å². The third-order valence-electron chi connectivity index (χ3n) is 2.81. The van der Waals surface area contributed by atoms with Crippen molar-refractivity contribution in [1.29, 1.82) is 5.26 Å². The Kier molecular flexibility index (Phi) is 4.86. The molecule has 0 aliphatic rings. The maximum atomic E-state index is 12.4. The van der Waals surface area contributed by atoms with Gasteiger partial charge in [-0.2, -0.15) is 14.7 Å². The van der Waals surface area contributed by atoms with Crippen LogP contribution in [0.5, 0.6) is 0 Å². The second-order valence-electron chi connectivity index (χ2n) is 4.29. The van der Waals surface area contributed by atoms with E-state index in [1.807, 2.05) is 6.07 Å². The zero-order valence-corrected chi connectivity index (χ0v) is 12.3. The molecule has 0 unspecified atom stereocenters. The predicted molar refractivity (Wildman–Crippen MR) is 69.4 cm³/mol. The first-order chi connectivity index (χ1) is 9.21. The lowest BCUT2D eigenvalue weighted by Gasteiger charge is -2.15. The normalized spacial score (nSPS) is 11.6. The highest BCUT2D eigenvalue weighted by Gasteiger charge is 2.28. The van der Waals surface area contributed by atoms with Gasteiger partial charge in [0.15, 0.2) is 0 Å². The van der Waals surface area contributed by atoms with Gasteiger partial charge in [-0.3, -0.25) is 9.48 Å². The standard InChI is InChI=1S/C11H16N4O4S/c1-8-11(9(2)15(13-8)7-10(16)17)20(18,19)14(3)6-4-5-12/h4,6-7H2,1-3H3,(H,16,17). The van der Waals surface area contributed by atoms with E-state index in [9.17, 15) is 13.2 Å². The molecule has 0 fully saturated rings. The largest absolute Gasteiger partial charge is 0.480 e. The van der Waals surface area contributed by atoms with Gasteiger partial charge >= 0.3 is 5.97 Å². The molecule has 0 atom stereocenters. The Morgan fingerprint density at radius 1 is 1.50 bits per heavy atom. The van der Waals surface area contributed by atoms with Crippen LogP contribution >= 0.6 is 0 Å². The number of hydrogen-bond donors (Lipinski definition) is 1. The fraction of sp³-hybridized carbons (Fsp3) is 0.545. The van der Waals surface area contributed by atoms with E-state index in [-0.39, 0.29) is 29.2 Å². The van der Waals surface area contributed by atoms with Crippen LogP contribution in [0, 0.1) is 25.2 Å². The fourth-order valence-electron chi connectivity index (χ4n) is 1.82. The maximum Gasteiger partial charge on any atom is 0.325 e. The monoisotopic (exact) mass is 300 g/mol. The minimum Gasteiger partial charge on any atom is -0.480 e. The Morgan fingerprint density at radius 2 is 2.10 bits per heavy atom. The van der Waals surface area contributed by atoms with Gasteiger partial charge in [0.25, 0.3) is 0 Å². The van der Waals surface area contributed by atoms with Crippen LogP contribution in [-0.4, -0.2) is 47.2 Å². The first-order valence-electron chi connectivity index (χ1n) is 5.81. The van der Waals surface area contributed by atoms with E-state index >= 15 is 0 Å². The third kappa shape index (κ3) is 3.15. The van der Waals surface area contributed by atoms with Crippen molar-refractivity contribution in [3.05, 3.63) is 11.4 Å².